The Bertz CT molecular complexity index is 315. The van der Waals surface area contributed by atoms with Crippen LogP contribution in [0.5, 0.6) is 0 Å². The van der Waals surface area contributed by atoms with Crippen LogP contribution in [0.3, 0.4) is 0 Å². The van der Waals surface area contributed by atoms with Crippen molar-refractivity contribution in [3.05, 3.63) is 35.4 Å². The molecule has 82 valence electrons. The Labute approximate surface area is 92.9 Å². The van der Waals surface area contributed by atoms with Crippen LogP contribution in [-0.2, 0) is 0 Å². The van der Waals surface area contributed by atoms with Gasteiger partial charge in [-0.15, -0.1) is 0 Å². The molecule has 0 heterocycles. The highest BCUT2D eigenvalue weighted by Gasteiger charge is 2.22. The lowest BCUT2D eigenvalue weighted by Gasteiger charge is -2.18. The van der Waals surface area contributed by atoms with Crippen molar-refractivity contribution in [3.8, 4) is 0 Å². The molecule has 0 amide bonds. The Hall–Kier alpha value is -0.820. The first-order valence-electron chi connectivity index (χ1n) is 6.10. The van der Waals surface area contributed by atoms with Gasteiger partial charge in [0, 0.05) is 12.6 Å². The Morgan fingerprint density at radius 3 is 2.67 bits per heavy atom. The minimum absolute atomic E-state index is 0.687. The molecule has 1 fully saturated rings. The SMILES string of the molecule is CCC(CNC1CC1)c1ccccc1C. The summed E-state index contributed by atoms with van der Waals surface area (Å²) in [6.07, 6.45) is 3.99. The van der Waals surface area contributed by atoms with Crippen LogP contribution in [-0.4, -0.2) is 12.6 Å². The summed E-state index contributed by atoms with van der Waals surface area (Å²) in [6.45, 7) is 5.65. The molecule has 2 rings (SSSR count). The van der Waals surface area contributed by atoms with E-state index in [2.05, 4.69) is 43.4 Å². The zero-order valence-corrected chi connectivity index (χ0v) is 9.79. The Kier molecular flexibility index (Phi) is 3.42. The van der Waals surface area contributed by atoms with Crippen molar-refractivity contribution in [1.29, 1.82) is 0 Å². The molecule has 0 aromatic heterocycles. The average Bonchev–Trinajstić information content (AvgIpc) is 3.05. The van der Waals surface area contributed by atoms with Gasteiger partial charge >= 0.3 is 0 Å². The molecule has 15 heavy (non-hydrogen) atoms. The molecular formula is C14H21N. The number of hydrogen-bond acceptors (Lipinski definition) is 1. The van der Waals surface area contributed by atoms with Gasteiger partial charge in [0.05, 0.1) is 0 Å². The van der Waals surface area contributed by atoms with E-state index in [1.54, 1.807) is 0 Å². The average molecular weight is 203 g/mol. The summed E-state index contributed by atoms with van der Waals surface area (Å²) < 4.78 is 0. The van der Waals surface area contributed by atoms with Crippen LogP contribution in [0.15, 0.2) is 24.3 Å². The van der Waals surface area contributed by atoms with Crippen LogP contribution in [0.1, 0.15) is 43.2 Å². The van der Waals surface area contributed by atoms with E-state index in [1.165, 1.54) is 30.4 Å². The molecule has 1 aromatic rings. The lowest BCUT2D eigenvalue weighted by atomic mass is 9.92. The third kappa shape index (κ3) is 2.82. The topological polar surface area (TPSA) is 12.0 Å². The number of benzene rings is 1. The van der Waals surface area contributed by atoms with Gasteiger partial charge in [-0.2, -0.15) is 0 Å². The van der Waals surface area contributed by atoms with Crippen molar-refractivity contribution >= 4 is 0 Å². The maximum absolute atomic E-state index is 3.63. The summed E-state index contributed by atoms with van der Waals surface area (Å²) in [5, 5.41) is 3.63. The molecule has 0 radical (unpaired) electrons. The van der Waals surface area contributed by atoms with Crippen molar-refractivity contribution in [2.75, 3.05) is 6.54 Å². The fourth-order valence-electron chi connectivity index (χ4n) is 2.12. The van der Waals surface area contributed by atoms with Crippen molar-refractivity contribution in [3.63, 3.8) is 0 Å². The van der Waals surface area contributed by atoms with Crippen LogP contribution in [0.25, 0.3) is 0 Å². The molecule has 0 saturated heterocycles. The van der Waals surface area contributed by atoms with E-state index < -0.39 is 0 Å². The highest BCUT2D eigenvalue weighted by Crippen LogP contribution is 2.24. The van der Waals surface area contributed by atoms with Crippen molar-refractivity contribution < 1.29 is 0 Å². The normalized spacial score (nSPS) is 17.7. The number of hydrogen-bond donors (Lipinski definition) is 1. The zero-order valence-electron chi connectivity index (χ0n) is 9.79. The Morgan fingerprint density at radius 2 is 2.07 bits per heavy atom. The third-order valence-electron chi connectivity index (χ3n) is 3.35. The third-order valence-corrected chi connectivity index (χ3v) is 3.35. The fourth-order valence-corrected chi connectivity index (χ4v) is 2.12. The van der Waals surface area contributed by atoms with E-state index in [4.69, 9.17) is 0 Å². The number of rotatable bonds is 5. The van der Waals surface area contributed by atoms with E-state index in [0.29, 0.717) is 5.92 Å². The van der Waals surface area contributed by atoms with Gasteiger partial charge in [0.25, 0.3) is 0 Å². The lowest BCUT2D eigenvalue weighted by Crippen LogP contribution is -2.23. The van der Waals surface area contributed by atoms with Gasteiger partial charge in [0.2, 0.25) is 0 Å². The van der Waals surface area contributed by atoms with Gasteiger partial charge in [-0.05, 0) is 43.2 Å². The van der Waals surface area contributed by atoms with E-state index in [1.807, 2.05) is 0 Å². The largest absolute Gasteiger partial charge is 0.313 e. The number of aryl methyl sites for hydroxylation is 1. The first-order chi connectivity index (χ1) is 7.31. The van der Waals surface area contributed by atoms with Crippen LogP contribution in [0.4, 0.5) is 0 Å². The monoisotopic (exact) mass is 203 g/mol. The molecule has 1 aliphatic carbocycles. The highest BCUT2D eigenvalue weighted by atomic mass is 14.9. The van der Waals surface area contributed by atoms with Crippen LogP contribution in [0.2, 0.25) is 0 Å². The smallest absolute Gasteiger partial charge is 0.00684 e. The van der Waals surface area contributed by atoms with Gasteiger partial charge in [0.15, 0.2) is 0 Å². The second-order valence-electron chi connectivity index (χ2n) is 4.64. The first-order valence-corrected chi connectivity index (χ1v) is 6.10. The molecule has 1 saturated carbocycles. The summed E-state index contributed by atoms with van der Waals surface area (Å²) >= 11 is 0. The quantitative estimate of drug-likeness (QED) is 0.774. The molecule has 1 heteroatoms. The summed E-state index contributed by atoms with van der Waals surface area (Å²) in [7, 11) is 0. The highest BCUT2D eigenvalue weighted by molar-refractivity contribution is 5.29. The van der Waals surface area contributed by atoms with Crippen LogP contribution < -0.4 is 5.32 Å². The van der Waals surface area contributed by atoms with Crippen LogP contribution in [0, 0.1) is 6.92 Å². The Morgan fingerprint density at radius 1 is 1.33 bits per heavy atom. The van der Waals surface area contributed by atoms with E-state index in [-0.39, 0.29) is 0 Å². The summed E-state index contributed by atoms with van der Waals surface area (Å²) in [5.41, 5.74) is 2.95. The van der Waals surface area contributed by atoms with Gasteiger partial charge < -0.3 is 5.32 Å². The molecular weight excluding hydrogens is 182 g/mol. The van der Waals surface area contributed by atoms with Crippen molar-refractivity contribution in [2.45, 2.75) is 45.1 Å². The van der Waals surface area contributed by atoms with Gasteiger partial charge in [-0.1, -0.05) is 31.2 Å². The van der Waals surface area contributed by atoms with Gasteiger partial charge in [-0.3, -0.25) is 0 Å². The molecule has 1 aliphatic rings. The second kappa shape index (κ2) is 4.80. The molecule has 1 nitrogen and oxygen atoms in total. The molecule has 0 bridgehead atoms. The van der Waals surface area contributed by atoms with E-state index >= 15 is 0 Å². The van der Waals surface area contributed by atoms with Gasteiger partial charge in [0.1, 0.15) is 0 Å². The van der Waals surface area contributed by atoms with Crippen molar-refractivity contribution in [1.82, 2.24) is 5.32 Å². The first kappa shape index (κ1) is 10.7. The lowest BCUT2D eigenvalue weighted by molar-refractivity contribution is 0.565. The minimum atomic E-state index is 0.687. The predicted molar refractivity (Wildman–Crippen MR) is 65.2 cm³/mol. The van der Waals surface area contributed by atoms with Crippen LogP contribution >= 0.6 is 0 Å². The maximum atomic E-state index is 3.63. The molecule has 1 aromatic carbocycles. The molecule has 1 N–H and O–H groups in total. The maximum Gasteiger partial charge on any atom is 0.00684 e. The standard InChI is InChI=1S/C14H21N/c1-3-12(10-15-13-8-9-13)14-7-5-4-6-11(14)2/h4-7,12-13,15H,3,8-10H2,1-2H3. The zero-order chi connectivity index (χ0) is 10.7. The van der Waals surface area contributed by atoms with E-state index in [9.17, 15) is 0 Å². The summed E-state index contributed by atoms with van der Waals surface area (Å²) in [5.74, 6) is 0.687. The van der Waals surface area contributed by atoms with Gasteiger partial charge in [-0.25, -0.2) is 0 Å². The number of nitrogens with one attached hydrogen (secondary N) is 1. The van der Waals surface area contributed by atoms with Crippen molar-refractivity contribution in [2.24, 2.45) is 0 Å². The fraction of sp³-hybridized carbons (Fsp3) is 0.571. The Balaban J connectivity index is 2.00. The van der Waals surface area contributed by atoms with E-state index in [0.717, 1.165) is 12.6 Å². The molecule has 0 aliphatic heterocycles. The molecule has 1 unspecified atom stereocenters. The second-order valence-corrected chi connectivity index (χ2v) is 4.64. The molecule has 1 atom stereocenters. The molecule has 0 spiro atoms. The summed E-state index contributed by atoms with van der Waals surface area (Å²) in [6, 6.07) is 9.60. The predicted octanol–water partition coefficient (Wildman–Crippen LogP) is 3.24. The summed E-state index contributed by atoms with van der Waals surface area (Å²) in [4.78, 5) is 0. The minimum Gasteiger partial charge on any atom is -0.313 e.